The number of methoxy groups -OCH3 is 1. The fraction of sp³-hybridized carbons (Fsp3) is 0.464. The Morgan fingerprint density at radius 2 is 1.82 bits per heavy atom. The maximum Gasteiger partial charge on any atom is 0.289 e. The number of rotatable bonds is 8. The van der Waals surface area contributed by atoms with Crippen LogP contribution in [0.2, 0.25) is 5.02 Å². The highest BCUT2D eigenvalue weighted by atomic mass is 35.5. The molecule has 0 atom stereocenters. The van der Waals surface area contributed by atoms with E-state index in [0.29, 0.717) is 27.8 Å². The van der Waals surface area contributed by atoms with Crippen LogP contribution in [0.1, 0.15) is 55.4 Å². The molecule has 2 heterocycles. The highest BCUT2D eigenvalue weighted by molar-refractivity contribution is 6.32. The third-order valence-electron chi connectivity index (χ3n) is 6.75. The summed E-state index contributed by atoms with van der Waals surface area (Å²) in [6, 6.07) is 9.13. The Bertz CT molecular complexity index is 1300. The van der Waals surface area contributed by atoms with E-state index in [2.05, 4.69) is 32.4 Å². The number of hydrogen-bond donors (Lipinski definition) is 2. The van der Waals surface area contributed by atoms with Crippen LogP contribution in [0.15, 0.2) is 30.3 Å². The number of aromatic nitrogens is 3. The number of carbonyl (C=O) groups excluding carboxylic acids is 1. The molecule has 1 aromatic heterocycles. The molecule has 0 aliphatic carbocycles. The van der Waals surface area contributed by atoms with Crippen molar-refractivity contribution in [3.63, 3.8) is 0 Å². The minimum absolute atomic E-state index is 0.0291. The Labute approximate surface area is 229 Å². The minimum Gasteiger partial charge on any atom is -0.507 e. The molecule has 10 heteroatoms. The van der Waals surface area contributed by atoms with Gasteiger partial charge in [0.25, 0.3) is 5.91 Å². The van der Waals surface area contributed by atoms with Gasteiger partial charge < -0.3 is 20.1 Å². The first kappa shape index (κ1) is 27.9. The van der Waals surface area contributed by atoms with Crippen LogP contribution in [0.4, 0.5) is 0 Å². The van der Waals surface area contributed by atoms with E-state index in [1.165, 1.54) is 0 Å². The van der Waals surface area contributed by atoms with Gasteiger partial charge in [0.15, 0.2) is 5.82 Å². The Balaban J connectivity index is 1.80. The maximum absolute atomic E-state index is 13.2. The van der Waals surface area contributed by atoms with E-state index in [9.17, 15) is 9.90 Å². The molecule has 1 amide bonds. The molecule has 0 saturated carbocycles. The number of nitrogens with one attached hydrogen (secondary N) is 1. The van der Waals surface area contributed by atoms with Crippen molar-refractivity contribution in [1.29, 1.82) is 0 Å². The fourth-order valence-electron chi connectivity index (χ4n) is 4.65. The number of amides is 1. The van der Waals surface area contributed by atoms with E-state index in [1.807, 2.05) is 52.0 Å². The van der Waals surface area contributed by atoms with Crippen LogP contribution in [0.5, 0.6) is 11.5 Å². The highest BCUT2D eigenvalue weighted by Gasteiger charge is 2.26. The number of benzene rings is 2. The van der Waals surface area contributed by atoms with Crippen molar-refractivity contribution >= 4 is 17.5 Å². The zero-order chi connectivity index (χ0) is 27.6. The lowest BCUT2D eigenvalue weighted by Crippen LogP contribution is -2.43. The molecule has 9 nitrogen and oxygen atoms in total. The van der Waals surface area contributed by atoms with Gasteiger partial charge in [-0.15, -0.1) is 10.2 Å². The molecule has 0 spiro atoms. The molecule has 3 aromatic rings. The molecule has 38 heavy (non-hydrogen) atoms. The number of hydrogen-bond acceptors (Lipinski definition) is 7. The molecule has 4 rings (SSSR count). The number of phenolic OH excluding ortho intramolecular Hbond substituents is 1. The van der Waals surface area contributed by atoms with Crippen LogP contribution in [0, 0.1) is 0 Å². The lowest BCUT2D eigenvalue weighted by atomic mass is 9.98. The topological polar surface area (TPSA) is 95.8 Å². The predicted molar refractivity (Wildman–Crippen MR) is 149 cm³/mol. The molecule has 1 fully saturated rings. The van der Waals surface area contributed by atoms with Crippen molar-refractivity contribution in [3.05, 3.63) is 52.3 Å². The number of ether oxygens (including phenoxy) is 1. The number of piperazine rings is 1. The molecule has 2 N–H and O–H groups in total. The first-order valence-corrected chi connectivity index (χ1v) is 13.3. The SMILES string of the molecule is COc1cc(O)c(-c2nnc(C(=O)NC(C)C)n2-c2ccc(CN3CCN(C)CC3)cc2Cl)cc1C(C)C. The summed E-state index contributed by atoms with van der Waals surface area (Å²) in [4.78, 5) is 17.9. The van der Waals surface area contributed by atoms with Gasteiger partial charge >= 0.3 is 0 Å². The smallest absolute Gasteiger partial charge is 0.289 e. The van der Waals surface area contributed by atoms with Crippen molar-refractivity contribution in [3.8, 4) is 28.6 Å². The van der Waals surface area contributed by atoms with Crippen LogP contribution in [-0.2, 0) is 6.54 Å². The molecule has 2 aromatic carbocycles. The second-order valence-corrected chi connectivity index (χ2v) is 10.8. The van der Waals surface area contributed by atoms with E-state index in [-0.39, 0.29) is 29.4 Å². The summed E-state index contributed by atoms with van der Waals surface area (Å²) in [5.74, 6) is 0.698. The maximum atomic E-state index is 13.2. The van der Waals surface area contributed by atoms with Crippen LogP contribution in [0.3, 0.4) is 0 Å². The Morgan fingerprint density at radius 1 is 1.11 bits per heavy atom. The molecule has 0 bridgehead atoms. The first-order chi connectivity index (χ1) is 18.1. The van der Waals surface area contributed by atoms with Gasteiger partial charge in [-0.3, -0.25) is 14.3 Å². The Kier molecular flexibility index (Phi) is 8.60. The summed E-state index contributed by atoms with van der Waals surface area (Å²) in [5.41, 5.74) is 2.98. The number of likely N-dealkylation sites (N-methyl/N-ethyl adjacent to an activating group) is 1. The van der Waals surface area contributed by atoms with E-state index in [4.69, 9.17) is 16.3 Å². The zero-order valence-electron chi connectivity index (χ0n) is 23.0. The standard InChI is InChI=1S/C28H37ClN6O3/c1-17(2)20-14-21(24(36)15-25(20)38-6)26-31-32-27(28(37)30-18(3)4)35(26)23-8-7-19(13-22(23)29)16-34-11-9-33(5)10-12-34/h7-8,13-15,17-18,36H,9-12,16H2,1-6H3,(H,30,37). The van der Waals surface area contributed by atoms with E-state index in [0.717, 1.165) is 43.9 Å². The van der Waals surface area contributed by atoms with Gasteiger partial charge in [0.2, 0.25) is 5.82 Å². The average Bonchev–Trinajstić information content (AvgIpc) is 3.29. The molecular weight excluding hydrogens is 504 g/mol. The Morgan fingerprint density at radius 3 is 2.42 bits per heavy atom. The van der Waals surface area contributed by atoms with Gasteiger partial charge in [-0.2, -0.15) is 0 Å². The summed E-state index contributed by atoms with van der Waals surface area (Å²) in [5, 5.41) is 22.9. The van der Waals surface area contributed by atoms with Crippen LogP contribution in [-0.4, -0.2) is 82.0 Å². The highest BCUT2D eigenvalue weighted by Crippen LogP contribution is 2.39. The molecule has 1 saturated heterocycles. The van der Waals surface area contributed by atoms with Gasteiger partial charge in [-0.05, 0) is 56.1 Å². The predicted octanol–water partition coefficient (Wildman–Crippen LogP) is 4.31. The third-order valence-corrected chi connectivity index (χ3v) is 7.05. The summed E-state index contributed by atoms with van der Waals surface area (Å²) in [7, 11) is 3.71. The van der Waals surface area contributed by atoms with Crippen molar-refractivity contribution in [2.75, 3.05) is 40.3 Å². The fourth-order valence-corrected chi connectivity index (χ4v) is 4.94. The van der Waals surface area contributed by atoms with Gasteiger partial charge in [0, 0.05) is 44.8 Å². The molecular formula is C28H37ClN6O3. The molecule has 0 radical (unpaired) electrons. The molecule has 0 unspecified atom stereocenters. The zero-order valence-corrected chi connectivity index (χ0v) is 23.7. The number of carbonyl (C=O) groups is 1. The van der Waals surface area contributed by atoms with E-state index < -0.39 is 0 Å². The summed E-state index contributed by atoms with van der Waals surface area (Å²) >= 11 is 6.86. The van der Waals surface area contributed by atoms with Gasteiger partial charge in [-0.1, -0.05) is 31.5 Å². The van der Waals surface area contributed by atoms with E-state index >= 15 is 0 Å². The van der Waals surface area contributed by atoms with Gasteiger partial charge in [-0.25, -0.2) is 0 Å². The molecule has 204 valence electrons. The molecule has 1 aliphatic rings. The largest absolute Gasteiger partial charge is 0.507 e. The third kappa shape index (κ3) is 5.95. The monoisotopic (exact) mass is 540 g/mol. The first-order valence-electron chi connectivity index (χ1n) is 13.0. The minimum atomic E-state index is -0.381. The second-order valence-electron chi connectivity index (χ2n) is 10.4. The summed E-state index contributed by atoms with van der Waals surface area (Å²) in [6.07, 6.45) is 0. The van der Waals surface area contributed by atoms with Crippen molar-refractivity contribution in [2.24, 2.45) is 0 Å². The normalized spacial score (nSPS) is 14.9. The van der Waals surface area contributed by atoms with Gasteiger partial charge in [0.05, 0.1) is 23.4 Å². The van der Waals surface area contributed by atoms with Crippen molar-refractivity contribution < 1.29 is 14.6 Å². The number of phenols is 1. The van der Waals surface area contributed by atoms with Crippen LogP contribution >= 0.6 is 11.6 Å². The number of aromatic hydroxyl groups is 1. The average molecular weight is 541 g/mol. The lowest BCUT2D eigenvalue weighted by molar-refractivity contribution is 0.0930. The lowest BCUT2D eigenvalue weighted by Gasteiger charge is -2.32. The van der Waals surface area contributed by atoms with Crippen LogP contribution < -0.4 is 10.1 Å². The molecule has 1 aliphatic heterocycles. The van der Waals surface area contributed by atoms with Crippen LogP contribution in [0.25, 0.3) is 17.1 Å². The second kappa shape index (κ2) is 11.7. The van der Waals surface area contributed by atoms with E-state index in [1.54, 1.807) is 17.7 Å². The Hall–Kier alpha value is -3.14. The number of nitrogens with zero attached hydrogens (tertiary/aromatic N) is 5. The summed E-state index contributed by atoms with van der Waals surface area (Å²) in [6.45, 7) is 12.7. The summed E-state index contributed by atoms with van der Waals surface area (Å²) < 4.78 is 7.10. The quantitative estimate of drug-likeness (QED) is 0.439. The van der Waals surface area contributed by atoms with Gasteiger partial charge in [0.1, 0.15) is 11.5 Å². The van der Waals surface area contributed by atoms with Crippen molar-refractivity contribution in [1.82, 2.24) is 29.9 Å². The van der Waals surface area contributed by atoms with Crippen molar-refractivity contribution in [2.45, 2.75) is 46.2 Å². The number of halogens is 1.